The molecule has 1 amide bonds. The van der Waals surface area contributed by atoms with Crippen LogP contribution in [0.3, 0.4) is 0 Å². The number of carbonyl (C=O) groups is 1. The molecule has 1 rings (SSSR count). The van der Waals surface area contributed by atoms with Gasteiger partial charge < -0.3 is 11.1 Å². The van der Waals surface area contributed by atoms with Crippen LogP contribution in [-0.2, 0) is 11.3 Å². The molecule has 0 saturated carbocycles. The van der Waals surface area contributed by atoms with E-state index in [1.807, 2.05) is 13.8 Å². The lowest BCUT2D eigenvalue weighted by molar-refractivity contribution is -0.121. The summed E-state index contributed by atoms with van der Waals surface area (Å²) in [4.78, 5) is 11.4. The summed E-state index contributed by atoms with van der Waals surface area (Å²) in [6.07, 6.45) is 3.18. The van der Waals surface area contributed by atoms with Gasteiger partial charge in [-0.25, -0.2) is 4.68 Å². The Morgan fingerprint density at radius 3 is 2.87 bits per heavy atom. The van der Waals surface area contributed by atoms with E-state index in [1.165, 1.54) is 10.9 Å². The van der Waals surface area contributed by atoms with E-state index in [9.17, 15) is 4.79 Å². The van der Waals surface area contributed by atoms with Gasteiger partial charge in [-0.15, -0.1) is 5.10 Å². The first kappa shape index (κ1) is 11.6. The minimum atomic E-state index is -0.100. The summed E-state index contributed by atoms with van der Waals surface area (Å²) in [6, 6.07) is -0.00954. The van der Waals surface area contributed by atoms with E-state index >= 15 is 0 Å². The molecule has 1 unspecified atom stereocenters. The molecule has 1 aromatic heterocycles. The molecule has 15 heavy (non-hydrogen) atoms. The van der Waals surface area contributed by atoms with Gasteiger partial charge in [0.2, 0.25) is 5.91 Å². The maximum Gasteiger partial charge on any atom is 0.241 e. The van der Waals surface area contributed by atoms with Crippen LogP contribution in [0.2, 0.25) is 0 Å². The second-order valence-electron chi connectivity index (χ2n) is 3.81. The number of amides is 1. The molecule has 6 heteroatoms. The average Bonchev–Trinajstić information content (AvgIpc) is 2.66. The first-order valence-corrected chi connectivity index (χ1v) is 4.96. The van der Waals surface area contributed by atoms with Gasteiger partial charge in [-0.1, -0.05) is 19.1 Å². The smallest absolute Gasteiger partial charge is 0.241 e. The number of hydrogen-bond acceptors (Lipinski definition) is 4. The summed E-state index contributed by atoms with van der Waals surface area (Å²) in [5, 5.41) is 10.0. The van der Waals surface area contributed by atoms with E-state index in [4.69, 9.17) is 5.73 Å². The lowest BCUT2D eigenvalue weighted by Crippen LogP contribution is -2.41. The lowest BCUT2D eigenvalue weighted by Gasteiger charge is -2.15. The normalized spacial score (nSPS) is 12.8. The third-order valence-electron chi connectivity index (χ3n) is 2.17. The zero-order valence-electron chi connectivity index (χ0n) is 9.05. The average molecular weight is 211 g/mol. The predicted molar refractivity (Wildman–Crippen MR) is 55.8 cm³/mol. The Bertz CT molecular complexity index is 295. The number of aromatic nitrogens is 3. The maximum absolute atomic E-state index is 11.4. The van der Waals surface area contributed by atoms with E-state index in [-0.39, 0.29) is 18.5 Å². The monoisotopic (exact) mass is 211 g/mol. The number of hydrogen-bond donors (Lipinski definition) is 2. The van der Waals surface area contributed by atoms with Gasteiger partial charge in [0.05, 0.1) is 6.20 Å². The van der Waals surface area contributed by atoms with Crippen LogP contribution in [0.1, 0.15) is 13.8 Å². The Labute approximate surface area is 88.8 Å². The number of nitrogens with two attached hydrogens (primary N) is 1. The zero-order valence-corrected chi connectivity index (χ0v) is 9.05. The molecular weight excluding hydrogens is 194 g/mol. The van der Waals surface area contributed by atoms with E-state index in [0.29, 0.717) is 12.5 Å². The minimum absolute atomic E-state index is 0.00954. The molecule has 0 radical (unpaired) electrons. The third kappa shape index (κ3) is 4.07. The van der Waals surface area contributed by atoms with Crippen LogP contribution in [-0.4, -0.2) is 33.5 Å². The fraction of sp³-hybridized carbons (Fsp3) is 0.667. The summed E-state index contributed by atoms with van der Waals surface area (Å²) in [5.74, 6) is 0.258. The van der Waals surface area contributed by atoms with Crippen molar-refractivity contribution < 1.29 is 4.79 Å². The van der Waals surface area contributed by atoms with Crippen LogP contribution in [0.25, 0.3) is 0 Å². The molecule has 3 N–H and O–H groups in total. The van der Waals surface area contributed by atoms with Crippen LogP contribution in [0.15, 0.2) is 12.4 Å². The number of carbonyl (C=O) groups excluding carboxylic acids is 1. The van der Waals surface area contributed by atoms with Gasteiger partial charge in [0.15, 0.2) is 0 Å². The van der Waals surface area contributed by atoms with Gasteiger partial charge in [-0.2, -0.15) is 0 Å². The maximum atomic E-state index is 11.4. The van der Waals surface area contributed by atoms with Crippen LogP contribution >= 0.6 is 0 Å². The van der Waals surface area contributed by atoms with Crippen LogP contribution in [0.5, 0.6) is 0 Å². The van der Waals surface area contributed by atoms with Crippen molar-refractivity contribution in [3.05, 3.63) is 12.4 Å². The van der Waals surface area contributed by atoms with E-state index in [0.717, 1.165) is 0 Å². The highest BCUT2D eigenvalue weighted by molar-refractivity contribution is 5.75. The molecule has 84 valence electrons. The standard InChI is InChI=1S/C9H17N5O/c1-7(2)8(10)5-11-9(15)6-14-4-3-12-13-14/h3-4,7-8H,5-6,10H2,1-2H3,(H,11,15). The van der Waals surface area contributed by atoms with Gasteiger partial charge in [0.25, 0.3) is 0 Å². The van der Waals surface area contributed by atoms with E-state index in [2.05, 4.69) is 15.6 Å². The molecule has 0 aromatic carbocycles. The molecule has 0 fully saturated rings. The third-order valence-corrected chi connectivity index (χ3v) is 2.17. The van der Waals surface area contributed by atoms with Crippen LogP contribution in [0, 0.1) is 5.92 Å². The summed E-state index contributed by atoms with van der Waals surface area (Å²) >= 11 is 0. The van der Waals surface area contributed by atoms with Gasteiger partial charge in [-0.05, 0) is 5.92 Å². The van der Waals surface area contributed by atoms with Crippen molar-refractivity contribution in [1.29, 1.82) is 0 Å². The molecule has 6 nitrogen and oxygen atoms in total. The largest absolute Gasteiger partial charge is 0.353 e. The summed E-state index contributed by atoms with van der Waals surface area (Å²) in [5.41, 5.74) is 5.79. The molecule has 0 bridgehead atoms. The van der Waals surface area contributed by atoms with Crippen molar-refractivity contribution in [3.63, 3.8) is 0 Å². The van der Waals surface area contributed by atoms with Gasteiger partial charge >= 0.3 is 0 Å². The summed E-state index contributed by atoms with van der Waals surface area (Å²) in [6.45, 7) is 4.72. The van der Waals surface area contributed by atoms with E-state index in [1.54, 1.807) is 6.20 Å². The van der Waals surface area contributed by atoms with Crippen molar-refractivity contribution in [2.24, 2.45) is 11.7 Å². The van der Waals surface area contributed by atoms with Crippen molar-refractivity contribution in [1.82, 2.24) is 20.3 Å². The Kier molecular flexibility index (Phi) is 4.23. The Hall–Kier alpha value is -1.43. The number of nitrogens with one attached hydrogen (secondary N) is 1. The lowest BCUT2D eigenvalue weighted by atomic mass is 10.1. The molecule has 0 spiro atoms. The molecule has 1 heterocycles. The molecule has 1 atom stereocenters. The van der Waals surface area contributed by atoms with Crippen LogP contribution < -0.4 is 11.1 Å². The molecule has 0 aliphatic rings. The number of rotatable bonds is 5. The Morgan fingerprint density at radius 1 is 1.60 bits per heavy atom. The highest BCUT2D eigenvalue weighted by Gasteiger charge is 2.09. The minimum Gasteiger partial charge on any atom is -0.353 e. The first-order chi connectivity index (χ1) is 7.09. The topological polar surface area (TPSA) is 85.8 Å². The molecule has 1 aromatic rings. The highest BCUT2D eigenvalue weighted by atomic mass is 16.2. The van der Waals surface area contributed by atoms with Gasteiger partial charge in [-0.3, -0.25) is 4.79 Å². The summed E-state index contributed by atoms with van der Waals surface area (Å²) < 4.78 is 1.47. The second-order valence-corrected chi connectivity index (χ2v) is 3.81. The predicted octanol–water partition coefficient (Wildman–Crippen LogP) is -0.622. The second kappa shape index (κ2) is 5.45. The fourth-order valence-corrected chi connectivity index (χ4v) is 0.987. The highest BCUT2D eigenvalue weighted by Crippen LogP contribution is 1.95. The molecule has 0 saturated heterocycles. The molecule has 0 aliphatic heterocycles. The number of nitrogens with zero attached hydrogens (tertiary/aromatic N) is 3. The van der Waals surface area contributed by atoms with Crippen molar-refractivity contribution in [2.75, 3.05) is 6.54 Å². The van der Waals surface area contributed by atoms with Crippen molar-refractivity contribution in [3.8, 4) is 0 Å². The van der Waals surface area contributed by atoms with Crippen LogP contribution in [0.4, 0.5) is 0 Å². The Morgan fingerprint density at radius 2 is 2.33 bits per heavy atom. The quantitative estimate of drug-likeness (QED) is 0.679. The SMILES string of the molecule is CC(C)C(N)CNC(=O)Cn1ccnn1. The molecular formula is C9H17N5O. The van der Waals surface area contributed by atoms with E-state index < -0.39 is 0 Å². The fourth-order valence-electron chi connectivity index (χ4n) is 0.987. The zero-order chi connectivity index (χ0) is 11.3. The summed E-state index contributed by atoms with van der Waals surface area (Å²) in [7, 11) is 0. The molecule has 0 aliphatic carbocycles. The first-order valence-electron chi connectivity index (χ1n) is 4.96. The Balaban J connectivity index is 2.25. The van der Waals surface area contributed by atoms with Gasteiger partial charge in [0.1, 0.15) is 6.54 Å². The van der Waals surface area contributed by atoms with Crippen molar-refractivity contribution >= 4 is 5.91 Å². The van der Waals surface area contributed by atoms with Gasteiger partial charge in [0, 0.05) is 18.8 Å². The van der Waals surface area contributed by atoms with Crippen molar-refractivity contribution in [2.45, 2.75) is 26.4 Å².